The molecule has 1 aliphatic rings. The van der Waals surface area contributed by atoms with Crippen molar-refractivity contribution in [1.82, 2.24) is 14.8 Å². The van der Waals surface area contributed by atoms with Crippen molar-refractivity contribution in [3.05, 3.63) is 58.5 Å². The lowest BCUT2D eigenvalue weighted by Gasteiger charge is -2.10. The van der Waals surface area contributed by atoms with Gasteiger partial charge in [-0.3, -0.25) is 9.36 Å². The number of aromatic nitrogens is 3. The molecule has 0 fully saturated rings. The van der Waals surface area contributed by atoms with E-state index in [1.165, 1.54) is 23.1 Å². The Morgan fingerprint density at radius 2 is 2.12 bits per heavy atom. The van der Waals surface area contributed by atoms with Crippen LogP contribution in [0.3, 0.4) is 0 Å². The predicted molar refractivity (Wildman–Crippen MR) is 132 cm³/mol. The molecule has 1 amide bonds. The molecule has 2 heterocycles. The zero-order chi connectivity index (χ0) is 23.4. The third kappa shape index (κ3) is 4.89. The Kier molecular flexibility index (Phi) is 7.29. The molecule has 0 radical (unpaired) electrons. The standard InChI is InChI=1S/C24H26N4O3S2/c1-4-13-28-21(16-10-7-6-9-15(16)3)26-27-24(28)32-14-19(29)25-22-20(23(30)31-5-2)17-11-8-12-18(17)33-22/h4,6-7,9-10H,1,5,8,11-14H2,2-3H3,(H,25,29). The van der Waals surface area contributed by atoms with Gasteiger partial charge in [-0.15, -0.1) is 28.1 Å². The lowest BCUT2D eigenvalue weighted by molar-refractivity contribution is -0.113. The topological polar surface area (TPSA) is 86.1 Å². The van der Waals surface area contributed by atoms with E-state index in [9.17, 15) is 9.59 Å². The van der Waals surface area contributed by atoms with Gasteiger partial charge in [0.25, 0.3) is 0 Å². The Bertz CT molecular complexity index is 1200. The maximum absolute atomic E-state index is 12.8. The van der Waals surface area contributed by atoms with E-state index in [-0.39, 0.29) is 17.6 Å². The molecule has 9 heteroatoms. The fourth-order valence-corrected chi connectivity index (χ4v) is 5.96. The molecule has 0 aliphatic heterocycles. The van der Waals surface area contributed by atoms with Crippen LogP contribution in [0.1, 0.15) is 39.7 Å². The van der Waals surface area contributed by atoms with Crippen molar-refractivity contribution in [3.8, 4) is 11.4 Å². The molecule has 172 valence electrons. The number of hydrogen-bond donors (Lipinski definition) is 1. The molecule has 1 N–H and O–H groups in total. The summed E-state index contributed by atoms with van der Waals surface area (Å²) in [6.07, 6.45) is 4.59. The molecule has 4 rings (SSSR count). The second kappa shape index (κ2) is 10.4. The number of aryl methyl sites for hydroxylation is 2. The second-order valence-corrected chi connectivity index (χ2v) is 9.69. The highest BCUT2D eigenvalue weighted by atomic mass is 32.2. The van der Waals surface area contributed by atoms with Crippen LogP contribution in [0.25, 0.3) is 11.4 Å². The second-order valence-electron chi connectivity index (χ2n) is 7.64. The Labute approximate surface area is 201 Å². The highest BCUT2D eigenvalue weighted by Gasteiger charge is 2.28. The number of carbonyl (C=O) groups is 2. The van der Waals surface area contributed by atoms with Gasteiger partial charge in [-0.05, 0) is 44.2 Å². The van der Waals surface area contributed by atoms with Crippen LogP contribution in [0.15, 0.2) is 42.1 Å². The third-order valence-corrected chi connectivity index (χ3v) is 7.57. The van der Waals surface area contributed by atoms with Gasteiger partial charge in [0.1, 0.15) is 5.00 Å². The lowest BCUT2D eigenvalue weighted by atomic mass is 10.1. The molecule has 2 aromatic heterocycles. The maximum Gasteiger partial charge on any atom is 0.341 e. The molecule has 0 atom stereocenters. The summed E-state index contributed by atoms with van der Waals surface area (Å²) in [7, 11) is 0. The van der Waals surface area contributed by atoms with E-state index in [2.05, 4.69) is 22.1 Å². The van der Waals surface area contributed by atoms with Crippen molar-refractivity contribution < 1.29 is 14.3 Å². The van der Waals surface area contributed by atoms with Crippen LogP contribution in [-0.2, 0) is 28.9 Å². The largest absolute Gasteiger partial charge is 0.462 e. The fraction of sp³-hybridized carbons (Fsp3) is 0.333. The zero-order valence-electron chi connectivity index (χ0n) is 18.7. The van der Waals surface area contributed by atoms with Gasteiger partial charge in [0.05, 0.1) is 17.9 Å². The Morgan fingerprint density at radius 3 is 2.88 bits per heavy atom. The Balaban J connectivity index is 1.50. The molecule has 0 saturated heterocycles. The van der Waals surface area contributed by atoms with Gasteiger partial charge in [-0.1, -0.05) is 42.1 Å². The summed E-state index contributed by atoms with van der Waals surface area (Å²) < 4.78 is 7.20. The first kappa shape index (κ1) is 23.3. The van der Waals surface area contributed by atoms with E-state index in [4.69, 9.17) is 4.74 Å². The average molecular weight is 483 g/mol. The van der Waals surface area contributed by atoms with E-state index in [0.29, 0.717) is 28.9 Å². The van der Waals surface area contributed by atoms with Gasteiger partial charge < -0.3 is 10.1 Å². The van der Waals surface area contributed by atoms with Crippen LogP contribution in [0.4, 0.5) is 5.00 Å². The minimum Gasteiger partial charge on any atom is -0.462 e. The van der Waals surface area contributed by atoms with Crippen molar-refractivity contribution in [2.45, 2.75) is 44.8 Å². The Hall–Kier alpha value is -2.91. The lowest BCUT2D eigenvalue weighted by Crippen LogP contribution is -2.17. The van der Waals surface area contributed by atoms with E-state index < -0.39 is 0 Å². The van der Waals surface area contributed by atoms with Gasteiger partial charge in [0, 0.05) is 17.0 Å². The number of amides is 1. The van der Waals surface area contributed by atoms with Crippen LogP contribution in [-0.4, -0.2) is 39.0 Å². The minimum absolute atomic E-state index is 0.147. The minimum atomic E-state index is -0.367. The number of anilines is 1. The summed E-state index contributed by atoms with van der Waals surface area (Å²) in [6, 6.07) is 7.99. The molecular formula is C24H26N4O3S2. The number of carbonyl (C=O) groups excluding carboxylic acids is 2. The smallest absolute Gasteiger partial charge is 0.341 e. The number of esters is 1. The molecule has 0 unspecified atom stereocenters. The molecule has 0 bridgehead atoms. The van der Waals surface area contributed by atoms with Gasteiger partial charge in [0.2, 0.25) is 5.91 Å². The maximum atomic E-state index is 12.8. The first-order chi connectivity index (χ1) is 16.0. The van der Waals surface area contributed by atoms with Crippen LogP contribution in [0, 0.1) is 6.92 Å². The average Bonchev–Trinajstić information content (AvgIpc) is 3.48. The highest BCUT2D eigenvalue weighted by molar-refractivity contribution is 7.99. The van der Waals surface area contributed by atoms with E-state index >= 15 is 0 Å². The van der Waals surface area contributed by atoms with Crippen molar-refractivity contribution in [2.75, 3.05) is 17.7 Å². The SMILES string of the molecule is C=CCn1c(SCC(=O)Nc2sc3c(c2C(=O)OCC)CCC3)nnc1-c1ccccc1C. The first-order valence-corrected chi connectivity index (χ1v) is 12.7. The number of thioether (sulfide) groups is 1. The van der Waals surface area contributed by atoms with E-state index in [1.807, 2.05) is 35.8 Å². The summed E-state index contributed by atoms with van der Waals surface area (Å²) in [5.41, 5.74) is 3.64. The number of nitrogens with one attached hydrogen (secondary N) is 1. The van der Waals surface area contributed by atoms with Crippen LogP contribution in [0.5, 0.6) is 0 Å². The van der Waals surface area contributed by atoms with Crippen LogP contribution >= 0.6 is 23.1 Å². The molecule has 7 nitrogen and oxygen atoms in total. The van der Waals surface area contributed by atoms with Crippen molar-refractivity contribution >= 4 is 40.0 Å². The molecule has 33 heavy (non-hydrogen) atoms. The van der Waals surface area contributed by atoms with Crippen molar-refractivity contribution in [1.29, 1.82) is 0 Å². The number of allylic oxidation sites excluding steroid dienone is 1. The number of nitrogens with zero attached hydrogens (tertiary/aromatic N) is 3. The van der Waals surface area contributed by atoms with Crippen LogP contribution in [0.2, 0.25) is 0 Å². The Morgan fingerprint density at radius 1 is 1.30 bits per heavy atom. The zero-order valence-corrected chi connectivity index (χ0v) is 20.4. The third-order valence-electron chi connectivity index (χ3n) is 5.40. The van der Waals surface area contributed by atoms with Crippen molar-refractivity contribution in [2.24, 2.45) is 0 Å². The van der Waals surface area contributed by atoms with Crippen LogP contribution < -0.4 is 5.32 Å². The van der Waals surface area contributed by atoms with E-state index in [1.54, 1.807) is 13.0 Å². The molecule has 3 aromatic rings. The van der Waals surface area contributed by atoms with Gasteiger partial charge >= 0.3 is 5.97 Å². The summed E-state index contributed by atoms with van der Waals surface area (Å²) >= 11 is 2.79. The number of benzene rings is 1. The molecule has 0 spiro atoms. The van der Waals surface area contributed by atoms with Gasteiger partial charge in [-0.25, -0.2) is 4.79 Å². The summed E-state index contributed by atoms with van der Waals surface area (Å²) in [4.78, 5) is 26.5. The monoisotopic (exact) mass is 482 g/mol. The number of rotatable bonds is 9. The number of thiophene rings is 1. The quantitative estimate of drug-likeness (QED) is 0.265. The number of fused-ring (bicyclic) bond motifs is 1. The van der Waals surface area contributed by atoms with Gasteiger partial charge in [0.15, 0.2) is 11.0 Å². The number of hydrogen-bond acceptors (Lipinski definition) is 7. The molecule has 0 saturated carbocycles. The number of ether oxygens (including phenoxy) is 1. The fourth-order valence-electron chi connectivity index (χ4n) is 3.92. The van der Waals surface area contributed by atoms with Gasteiger partial charge in [-0.2, -0.15) is 0 Å². The van der Waals surface area contributed by atoms with E-state index in [0.717, 1.165) is 46.7 Å². The molecule has 1 aliphatic carbocycles. The summed E-state index contributed by atoms with van der Waals surface area (Å²) in [5, 5.41) is 12.8. The van der Waals surface area contributed by atoms with Crippen molar-refractivity contribution in [3.63, 3.8) is 0 Å². The normalized spacial score (nSPS) is 12.4. The predicted octanol–water partition coefficient (Wildman–Crippen LogP) is 4.90. The summed E-state index contributed by atoms with van der Waals surface area (Å²) in [5.74, 6) is 0.327. The molecule has 1 aromatic carbocycles. The molecular weight excluding hydrogens is 456 g/mol. The first-order valence-electron chi connectivity index (χ1n) is 10.9. The highest BCUT2D eigenvalue weighted by Crippen LogP contribution is 2.39. The summed E-state index contributed by atoms with van der Waals surface area (Å²) in [6.45, 7) is 8.49.